The summed E-state index contributed by atoms with van der Waals surface area (Å²) in [4.78, 5) is 12.2. The quantitative estimate of drug-likeness (QED) is 0.855. The number of carbonyl (C=O) groups excluding carboxylic acids is 1. The molecule has 0 radical (unpaired) electrons. The van der Waals surface area contributed by atoms with E-state index in [2.05, 4.69) is 5.32 Å². The Labute approximate surface area is 124 Å². The molecule has 0 aliphatic heterocycles. The van der Waals surface area contributed by atoms with Crippen molar-refractivity contribution >= 4 is 11.6 Å². The summed E-state index contributed by atoms with van der Waals surface area (Å²) in [5, 5.41) is 3.14. The summed E-state index contributed by atoms with van der Waals surface area (Å²) in [6.07, 6.45) is 1.29. The van der Waals surface area contributed by atoms with Crippen LogP contribution in [-0.4, -0.2) is 5.91 Å². The van der Waals surface area contributed by atoms with E-state index in [1.165, 1.54) is 12.1 Å². The molecule has 0 saturated carbocycles. The number of hydrogen-bond donors (Lipinski definition) is 2. The molecule has 1 amide bonds. The molecule has 3 nitrogen and oxygen atoms in total. The third-order valence-corrected chi connectivity index (χ3v) is 3.49. The summed E-state index contributed by atoms with van der Waals surface area (Å²) in [5.41, 5.74) is 5.96. The van der Waals surface area contributed by atoms with Gasteiger partial charge in [-0.25, -0.2) is 4.39 Å². The van der Waals surface area contributed by atoms with E-state index in [0.717, 1.165) is 12.0 Å². The first-order chi connectivity index (χ1) is 10.1. The highest BCUT2D eigenvalue weighted by Crippen LogP contribution is 2.31. The van der Waals surface area contributed by atoms with Crippen LogP contribution in [0, 0.1) is 5.82 Å². The zero-order valence-electron chi connectivity index (χ0n) is 12.0. The predicted octanol–water partition coefficient (Wildman–Crippen LogP) is 3.42. The van der Waals surface area contributed by atoms with Gasteiger partial charge in [-0.2, -0.15) is 0 Å². The van der Waals surface area contributed by atoms with Crippen LogP contribution in [-0.2, 0) is 10.3 Å². The van der Waals surface area contributed by atoms with Crippen LogP contribution in [0.15, 0.2) is 54.6 Å². The lowest BCUT2D eigenvalue weighted by Crippen LogP contribution is -2.47. The summed E-state index contributed by atoms with van der Waals surface area (Å²) >= 11 is 0. The van der Waals surface area contributed by atoms with Crippen LogP contribution in [0.4, 0.5) is 10.1 Å². The van der Waals surface area contributed by atoms with Crippen molar-refractivity contribution in [3.8, 4) is 0 Å². The van der Waals surface area contributed by atoms with Crippen LogP contribution < -0.4 is 11.1 Å². The smallest absolute Gasteiger partial charge is 0.247 e. The molecule has 0 aromatic heterocycles. The van der Waals surface area contributed by atoms with E-state index in [1.807, 2.05) is 37.3 Å². The lowest BCUT2D eigenvalue weighted by atomic mass is 9.84. The van der Waals surface area contributed by atoms with E-state index in [1.54, 1.807) is 12.1 Å². The number of hydrogen-bond acceptors (Lipinski definition) is 2. The van der Waals surface area contributed by atoms with Gasteiger partial charge in [0.25, 0.3) is 0 Å². The van der Waals surface area contributed by atoms with Crippen LogP contribution in [0.2, 0.25) is 0 Å². The zero-order valence-corrected chi connectivity index (χ0v) is 12.0. The highest BCUT2D eigenvalue weighted by atomic mass is 19.1. The topological polar surface area (TPSA) is 55.1 Å². The minimum absolute atomic E-state index is 0.358. The first kappa shape index (κ1) is 15.0. The van der Waals surface area contributed by atoms with Gasteiger partial charge in [0.05, 0.1) is 0 Å². The number of halogens is 1. The van der Waals surface area contributed by atoms with Gasteiger partial charge in [0.2, 0.25) is 5.91 Å². The summed E-state index contributed by atoms with van der Waals surface area (Å²) in [7, 11) is 0. The van der Waals surface area contributed by atoms with Gasteiger partial charge in [-0.3, -0.25) is 4.79 Å². The van der Waals surface area contributed by atoms with Gasteiger partial charge in [0.1, 0.15) is 11.4 Å². The van der Waals surface area contributed by atoms with E-state index in [9.17, 15) is 9.18 Å². The molecule has 0 bridgehead atoms. The first-order valence-electron chi connectivity index (χ1n) is 6.97. The molecule has 2 aromatic rings. The number of rotatable bonds is 6. The van der Waals surface area contributed by atoms with E-state index < -0.39 is 11.4 Å². The molecule has 2 rings (SSSR count). The fourth-order valence-electron chi connectivity index (χ4n) is 2.52. The van der Waals surface area contributed by atoms with Crippen molar-refractivity contribution in [3.05, 3.63) is 66.0 Å². The van der Waals surface area contributed by atoms with Crippen LogP contribution >= 0.6 is 0 Å². The Hall–Kier alpha value is -2.36. The molecule has 21 heavy (non-hydrogen) atoms. The van der Waals surface area contributed by atoms with Gasteiger partial charge in [-0.05, 0) is 30.2 Å². The molecule has 0 spiro atoms. The van der Waals surface area contributed by atoms with Gasteiger partial charge in [-0.1, -0.05) is 49.7 Å². The molecule has 0 heterocycles. The molecular weight excluding hydrogens is 267 g/mol. The van der Waals surface area contributed by atoms with Crippen molar-refractivity contribution in [1.29, 1.82) is 0 Å². The Bertz CT molecular complexity index is 615. The molecule has 0 aliphatic carbocycles. The number of amides is 1. The molecule has 3 N–H and O–H groups in total. The second-order valence-corrected chi connectivity index (χ2v) is 5.02. The monoisotopic (exact) mass is 286 g/mol. The largest absolute Gasteiger partial charge is 0.368 e. The van der Waals surface area contributed by atoms with Crippen LogP contribution in [0.25, 0.3) is 0 Å². The van der Waals surface area contributed by atoms with Crippen molar-refractivity contribution in [2.24, 2.45) is 5.73 Å². The Balaban J connectivity index is 2.47. The third kappa shape index (κ3) is 3.21. The number of nitrogens with two attached hydrogens (primary N) is 1. The van der Waals surface area contributed by atoms with Gasteiger partial charge in [-0.15, -0.1) is 0 Å². The van der Waals surface area contributed by atoms with Gasteiger partial charge >= 0.3 is 0 Å². The van der Waals surface area contributed by atoms with Crippen LogP contribution in [0.5, 0.6) is 0 Å². The third-order valence-electron chi connectivity index (χ3n) is 3.49. The van der Waals surface area contributed by atoms with Gasteiger partial charge in [0, 0.05) is 5.69 Å². The molecule has 0 saturated heterocycles. The predicted molar refractivity (Wildman–Crippen MR) is 82.2 cm³/mol. The summed E-state index contributed by atoms with van der Waals surface area (Å²) < 4.78 is 13.4. The Morgan fingerprint density at radius 3 is 2.48 bits per heavy atom. The average molecular weight is 286 g/mol. The molecule has 110 valence electrons. The molecule has 2 aromatic carbocycles. The highest BCUT2D eigenvalue weighted by Gasteiger charge is 2.37. The van der Waals surface area contributed by atoms with Crippen molar-refractivity contribution in [2.75, 3.05) is 5.32 Å². The van der Waals surface area contributed by atoms with E-state index in [4.69, 9.17) is 5.73 Å². The molecule has 1 atom stereocenters. The number of benzene rings is 2. The lowest BCUT2D eigenvalue weighted by molar-refractivity contribution is -0.122. The number of carbonyl (C=O) groups is 1. The van der Waals surface area contributed by atoms with Crippen LogP contribution in [0.1, 0.15) is 25.3 Å². The fraction of sp³-hybridized carbons (Fsp3) is 0.235. The van der Waals surface area contributed by atoms with Crippen molar-refractivity contribution in [2.45, 2.75) is 25.3 Å². The zero-order chi connectivity index (χ0) is 15.3. The minimum atomic E-state index is -1.04. The first-order valence-corrected chi connectivity index (χ1v) is 6.97. The molecule has 4 heteroatoms. The number of nitrogens with one attached hydrogen (secondary N) is 1. The number of primary amides is 1. The molecule has 0 aliphatic rings. The molecule has 1 unspecified atom stereocenters. The fourth-order valence-corrected chi connectivity index (χ4v) is 2.52. The van der Waals surface area contributed by atoms with E-state index in [-0.39, 0.29) is 5.82 Å². The maximum Gasteiger partial charge on any atom is 0.247 e. The van der Waals surface area contributed by atoms with Crippen molar-refractivity contribution in [1.82, 2.24) is 0 Å². The second-order valence-electron chi connectivity index (χ2n) is 5.02. The van der Waals surface area contributed by atoms with E-state index in [0.29, 0.717) is 12.1 Å². The van der Waals surface area contributed by atoms with Crippen molar-refractivity contribution in [3.63, 3.8) is 0 Å². The van der Waals surface area contributed by atoms with E-state index >= 15 is 0 Å². The minimum Gasteiger partial charge on any atom is -0.368 e. The Morgan fingerprint density at radius 1 is 1.19 bits per heavy atom. The summed E-state index contributed by atoms with van der Waals surface area (Å²) in [6, 6.07) is 15.3. The summed E-state index contributed by atoms with van der Waals surface area (Å²) in [5.74, 6) is -0.831. The summed E-state index contributed by atoms with van der Waals surface area (Å²) in [6.45, 7) is 1.98. The maximum atomic E-state index is 13.4. The van der Waals surface area contributed by atoms with Crippen molar-refractivity contribution < 1.29 is 9.18 Å². The molecule has 0 fully saturated rings. The molecular formula is C17H19FN2O. The van der Waals surface area contributed by atoms with Crippen LogP contribution in [0.3, 0.4) is 0 Å². The van der Waals surface area contributed by atoms with Gasteiger partial charge in [0.15, 0.2) is 0 Å². The number of anilines is 1. The maximum absolute atomic E-state index is 13.4. The second kappa shape index (κ2) is 6.39. The Morgan fingerprint density at radius 2 is 1.90 bits per heavy atom. The standard InChI is InChI=1S/C17H19FN2O/c1-2-11-17(16(19)21,13-7-4-3-5-8-13)20-15-10-6-9-14(18)12-15/h3-10,12,20H,2,11H2,1H3,(H2,19,21). The highest BCUT2D eigenvalue weighted by molar-refractivity contribution is 5.89. The van der Waals surface area contributed by atoms with Gasteiger partial charge < -0.3 is 11.1 Å². The average Bonchev–Trinajstić information content (AvgIpc) is 2.47. The normalized spacial score (nSPS) is 13.4. The Kier molecular flexibility index (Phi) is 4.58. The lowest BCUT2D eigenvalue weighted by Gasteiger charge is -2.33. The SMILES string of the molecule is CCCC(Nc1cccc(F)c1)(C(N)=O)c1ccccc1.